The lowest BCUT2D eigenvalue weighted by Crippen LogP contribution is -2.30. The molecule has 4 N–H and O–H groups in total. The Labute approximate surface area is 128 Å². The number of unbranched alkanes of at least 4 members (excludes halogenated alkanes) is 1. The molecule has 0 aromatic rings. The smallest absolute Gasteiger partial charge is 0.00646 e. The highest BCUT2D eigenvalue weighted by atomic mass is 14.7. The summed E-state index contributed by atoms with van der Waals surface area (Å²) < 4.78 is 0. The molecule has 0 heterocycles. The fraction of sp³-hybridized carbons (Fsp3) is 1.00. The molecule has 0 aromatic heterocycles. The van der Waals surface area contributed by atoms with E-state index in [1.807, 2.05) is 0 Å². The topological polar surface area (TPSA) is 52.0 Å². The van der Waals surface area contributed by atoms with Crippen molar-refractivity contribution in [3.8, 4) is 0 Å². The fourth-order valence-electron chi connectivity index (χ4n) is 3.17. The van der Waals surface area contributed by atoms with Gasteiger partial charge in [0.25, 0.3) is 0 Å². The minimum atomic E-state index is 0.363. The zero-order chi connectivity index (χ0) is 15.7. The molecule has 0 fully saturated rings. The molecule has 0 saturated heterocycles. The van der Waals surface area contributed by atoms with Crippen LogP contribution < -0.4 is 11.5 Å². The van der Waals surface area contributed by atoms with E-state index in [2.05, 4.69) is 41.5 Å². The predicted octanol–water partition coefficient (Wildman–Crippen LogP) is 4.57. The molecule has 0 aliphatic heterocycles. The van der Waals surface area contributed by atoms with Crippen LogP contribution in [-0.4, -0.2) is 12.1 Å². The van der Waals surface area contributed by atoms with Crippen LogP contribution in [0.1, 0.15) is 80.1 Å². The van der Waals surface area contributed by atoms with E-state index in [4.69, 9.17) is 11.5 Å². The van der Waals surface area contributed by atoms with Gasteiger partial charge >= 0.3 is 0 Å². The van der Waals surface area contributed by atoms with Crippen molar-refractivity contribution in [2.24, 2.45) is 35.1 Å². The lowest BCUT2D eigenvalue weighted by Gasteiger charge is -2.23. The van der Waals surface area contributed by atoms with Crippen LogP contribution in [0.4, 0.5) is 0 Å². The summed E-state index contributed by atoms with van der Waals surface area (Å²) in [5, 5.41) is 0. The largest absolute Gasteiger partial charge is 0.327 e. The normalized spacial score (nSPS) is 18.3. The molecule has 0 aliphatic carbocycles. The van der Waals surface area contributed by atoms with Crippen LogP contribution >= 0.6 is 0 Å². The van der Waals surface area contributed by atoms with Crippen LogP contribution in [0, 0.1) is 23.7 Å². The van der Waals surface area contributed by atoms with Crippen molar-refractivity contribution in [2.45, 2.75) is 92.2 Å². The van der Waals surface area contributed by atoms with Crippen molar-refractivity contribution < 1.29 is 0 Å². The highest BCUT2D eigenvalue weighted by Gasteiger charge is 2.16. The molecule has 4 atom stereocenters. The lowest BCUT2D eigenvalue weighted by atomic mass is 9.87. The second-order valence-electron chi connectivity index (χ2n) is 7.83. The van der Waals surface area contributed by atoms with Crippen LogP contribution in [-0.2, 0) is 0 Å². The van der Waals surface area contributed by atoms with E-state index in [1.165, 1.54) is 25.7 Å². The van der Waals surface area contributed by atoms with E-state index < -0.39 is 0 Å². The highest BCUT2D eigenvalue weighted by molar-refractivity contribution is 4.73. The Kier molecular flexibility index (Phi) is 10.6. The maximum Gasteiger partial charge on any atom is 0.00646 e. The Hall–Kier alpha value is -0.0800. The third-order valence-corrected chi connectivity index (χ3v) is 4.47. The zero-order valence-corrected chi connectivity index (χ0v) is 14.9. The van der Waals surface area contributed by atoms with Crippen molar-refractivity contribution in [3.63, 3.8) is 0 Å². The van der Waals surface area contributed by atoms with Gasteiger partial charge in [0.05, 0.1) is 0 Å². The van der Waals surface area contributed by atoms with Gasteiger partial charge in [-0.1, -0.05) is 54.4 Å². The Balaban J connectivity index is 3.74. The maximum absolute atomic E-state index is 6.28. The average Bonchev–Trinajstić information content (AvgIpc) is 2.32. The van der Waals surface area contributed by atoms with Crippen molar-refractivity contribution in [1.29, 1.82) is 0 Å². The zero-order valence-electron chi connectivity index (χ0n) is 14.9. The van der Waals surface area contributed by atoms with Gasteiger partial charge in [-0.15, -0.1) is 0 Å². The quantitative estimate of drug-likeness (QED) is 0.546. The summed E-state index contributed by atoms with van der Waals surface area (Å²) in [7, 11) is 0. The molecule has 20 heavy (non-hydrogen) atoms. The molecule has 0 amide bonds. The van der Waals surface area contributed by atoms with Crippen molar-refractivity contribution in [1.82, 2.24) is 0 Å². The first-order valence-corrected chi connectivity index (χ1v) is 8.75. The van der Waals surface area contributed by atoms with E-state index in [-0.39, 0.29) is 0 Å². The number of hydrogen-bond donors (Lipinski definition) is 2. The summed E-state index contributed by atoms with van der Waals surface area (Å²) in [5.41, 5.74) is 12.6. The van der Waals surface area contributed by atoms with Crippen molar-refractivity contribution in [3.05, 3.63) is 0 Å². The van der Waals surface area contributed by atoms with Crippen LogP contribution in [0.25, 0.3) is 0 Å². The molecule has 122 valence electrons. The second kappa shape index (κ2) is 10.6. The lowest BCUT2D eigenvalue weighted by molar-refractivity contribution is 0.332. The van der Waals surface area contributed by atoms with Crippen LogP contribution in [0.2, 0.25) is 0 Å². The van der Waals surface area contributed by atoms with Crippen LogP contribution in [0.15, 0.2) is 0 Å². The van der Waals surface area contributed by atoms with Gasteiger partial charge in [0.15, 0.2) is 0 Å². The molecule has 0 rings (SSSR count). The summed E-state index contributed by atoms with van der Waals surface area (Å²) in [6, 6.07) is 0.725. The maximum atomic E-state index is 6.28. The van der Waals surface area contributed by atoms with Crippen LogP contribution in [0.3, 0.4) is 0 Å². The molecule has 0 aliphatic rings. The number of rotatable bonds is 11. The minimum Gasteiger partial charge on any atom is -0.327 e. The summed E-state index contributed by atoms with van der Waals surface area (Å²) >= 11 is 0. The van der Waals surface area contributed by atoms with Gasteiger partial charge in [-0.3, -0.25) is 0 Å². The summed E-state index contributed by atoms with van der Waals surface area (Å²) in [6.07, 6.45) is 7.24. The number of hydrogen-bond acceptors (Lipinski definition) is 2. The molecule has 0 saturated carbocycles. The van der Waals surface area contributed by atoms with E-state index in [1.54, 1.807) is 0 Å². The van der Waals surface area contributed by atoms with Gasteiger partial charge in [-0.2, -0.15) is 0 Å². The van der Waals surface area contributed by atoms with E-state index in [0.29, 0.717) is 23.9 Å². The van der Waals surface area contributed by atoms with Gasteiger partial charge in [0.2, 0.25) is 0 Å². The molecular weight excluding hydrogens is 244 g/mol. The SMILES string of the molecule is CC(C)CC(C)C(N)CCCCC(N)C(C)CC(C)C. The van der Waals surface area contributed by atoms with E-state index in [9.17, 15) is 0 Å². The molecule has 4 unspecified atom stereocenters. The Morgan fingerprint density at radius 1 is 0.600 bits per heavy atom. The van der Waals surface area contributed by atoms with Gasteiger partial charge in [-0.05, 0) is 49.4 Å². The first-order chi connectivity index (χ1) is 9.23. The first-order valence-electron chi connectivity index (χ1n) is 8.75. The fourth-order valence-corrected chi connectivity index (χ4v) is 3.17. The molecule has 0 spiro atoms. The number of nitrogens with two attached hydrogens (primary N) is 2. The Morgan fingerprint density at radius 3 is 1.15 bits per heavy atom. The van der Waals surface area contributed by atoms with Crippen molar-refractivity contribution >= 4 is 0 Å². The van der Waals surface area contributed by atoms with E-state index >= 15 is 0 Å². The third kappa shape index (κ3) is 9.77. The summed E-state index contributed by atoms with van der Waals surface area (Å²) in [4.78, 5) is 0. The molecule has 0 aromatic carbocycles. The molecule has 0 bridgehead atoms. The van der Waals surface area contributed by atoms with Gasteiger partial charge < -0.3 is 11.5 Å². The molecular formula is C18H40N2. The van der Waals surface area contributed by atoms with Gasteiger partial charge in [-0.25, -0.2) is 0 Å². The Morgan fingerprint density at radius 2 is 0.900 bits per heavy atom. The molecule has 2 heteroatoms. The minimum absolute atomic E-state index is 0.363. The Bertz CT molecular complexity index is 201. The van der Waals surface area contributed by atoms with Gasteiger partial charge in [0, 0.05) is 12.1 Å². The monoisotopic (exact) mass is 284 g/mol. The predicted molar refractivity (Wildman–Crippen MR) is 91.7 cm³/mol. The van der Waals surface area contributed by atoms with Gasteiger partial charge in [0.1, 0.15) is 0 Å². The van der Waals surface area contributed by atoms with E-state index in [0.717, 1.165) is 24.7 Å². The summed E-state index contributed by atoms with van der Waals surface area (Å²) in [5.74, 6) is 2.79. The second-order valence-corrected chi connectivity index (χ2v) is 7.83. The summed E-state index contributed by atoms with van der Waals surface area (Å²) in [6.45, 7) is 13.7. The van der Waals surface area contributed by atoms with Crippen LogP contribution in [0.5, 0.6) is 0 Å². The standard InChI is InChI=1S/C18H40N2/c1-13(2)11-15(5)17(19)9-7-8-10-18(20)16(6)12-14(3)4/h13-18H,7-12,19-20H2,1-6H3. The third-order valence-electron chi connectivity index (χ3n) is 4.47. The van der Waals surface area contributed by atoms with Crippen molar-refractivity contribution in [2.75, 3.05) is 0 Å². The molecule has 0 radical (unpaired) electrons. The highest BCUT2D eigenvalue weighted by Crippen LogP contribution is 2.20. The first kappa shape index (κ1) is 19.9. The average molecular weight is 285 g/mol. The molecule has 2 nitrogen and oxygen atoms in total.